The average molecular weight is 377 g/mol. The van der Waals surface area contributed by atoms with Crippen molar-refractivity contribution in [1.29, 1.82) is 0 Å². The summed E-state index contributed by atoms with van der Waals surface area (Å²) in [7, 11) is 0. The molecular formula is C23H28N4O. The van der Waals surface area contributed by atoms with Crippen molar-refractivity contribution in [3.05, 3.63) is 66.6 Å². The van der Waals surface area contributed by atoms with E-state index in [4.69, 9.17) is 0 Å². The topological polar surface area (TPSA) is 66.9 Å². The van der Waals surface area contributed by atoms with Crippen molar-refractivity contribution in [2.75, 3.05) is 18.4 Å². The zero-order valence-electron chi connectivity index (χ0n) is 16.2. The van der Waals surface area contributed by atoms with E-state index < -0.39 is 0 Å². The Kier molecular flexibility index (Phi) is 7.79. The van der Waals surface area contributed by atoms with Crippen molar-refractivity contribution in [3.63, 3.8) is 0 Å². The number of nitrogens with zero attached hydrogens (tertiary/aromatic N) is 2. The molecule has 0 aliphatic rings. The summed E-state index contributed by atoms with van der Waals surface area (Å²) in [5.41, 5.74) is 2.81. The molecule has 0 unspecified atom stereocenters. The molecule has 3 rings (SSSR count). The highest BCUT2D eigenvalue weighted by Gasteiger charge is 2.03. The molecule has 2 N–H and O–H groups in total. The van der Waals surface area contributed by atoms with Gasteiger partial charge in [-0.15, -0.1) is 0 Å². The first-order chi connectivity index (χ1) is 13.8. The minimum absolute atomic E-state index is 0.0391. The predicted octanol–water partition coefficient (Wildman–Crippen LogP) is 4.81. The van der Waals surface area contributed by atoms with Gasteiger partial charge >= 0.3 is 0 Å². The SMILES string of the molecule is O=C(NCCCCCCCCNc1ccnc2ccccc12)c1cccnc1. The molecule has 0 saturated heterocycles. The highest BCUT2D eigenvalue weighted by atomic mass is 16.1. The molecular weight excluding hydrogens is 348 g/mol. The lowest BCUT2D eigenvalue weighted by molar-refractivity contribution is 0.0952. The number of rotatable bonds is 11. The molecule has 1 aromatic carbocycles. The molecule has 146 valence electrons. The van der Waals surface area contributed by atoms with Crippen LogP contribution in [-0.2, 0) is 0 Å². The van der Waals surface area contributed by atoms with Gasteiger partial charge < -0.3 is 10.6 Å². The average Bonchev–Trinajstić information content (AvgIpc) is 2.75. The van der Waals surface area contributed by atoms with Gasteiger partial charge in [0.05, 0.1) is 11.1 Å². The van der Waals surface area contributed by atoms with Crippen LogP contribution in [0.2, 0.25) is 0 Å². The number of carbonyl (C=O) groups excluding carboxylic acids is 1. The van der Waals surface area contributed by atoms with Crippen molar-refractivity contribution >= 4 is 22.5 Å². The fourth-order valence-corrected chi connectivity index (χ4v) is 3.23. The smallest absolute Gasteiger partial charge is 0.252 e. The van der Waals surface area contributed by atoms with Crippen LogP contribution >= 0.6 is 0 Å². The Bertz CT molecular complexity index is 861. The van der Waals surface area contributed by atoms with E-state index in [1.54, 1.807) is 24.5 Å². The van der Waals surface area contributed by atoms with Gasteiger partial charge in [0, 0.05) is 42.8 Å². The normalized spacial score (nSPS) is 10.7. The fraction of sp³-hybridized carbons (Fsp3) is 0.348. The molecule has 0 spiro atoms. The summed E-state index contributed by atoms with van der Waals surface area (Å²) in [6, 6.07) is 13.8. The van der Waals surface area contributed by atoms with Crippen LogP contribution in [-0.4, -0.2) is 29.0 Å². The zero-order chi connectivity index (χ0) is 19.4. The lowest BCUT2D eigenvalue weighted by Gasteiger charge is -2.09. The number of aromatic nitrogens is 2. The number of para-hydroxylation sites is 1. The minimum atomic E-state index is -0.0391. The van der Waals surface area contributed by atoms with E-state index in [0.717, 1.165) is 43.6 Å². The summed E-state index contributed by atoms with van der Waals surface area (Å²) in [5, 5.41) is 7.66. The van der Waals surface area contributed by atoms with Gasteiger partial charge in [-0.3, -0.25) is 14.8 Å². The first-order valence-corrected chi connectivity index (χ1v) is 10.1. The number of anilines is 1. The van der Waals surface area contributed by atoms with Gasteiger partial charge in [0.1, 0.15) is 0 Å². The van der Waals surface area contributed by atoms with Crippen LogP contribution in [0.15, 0.2) is 61.1 Å². The number of unbranched alkanes of at least 4 members (excludes halogenated alkanes) is 5. The van der Waals surface area contributed by atoms with Gasteiger partial charge in [0.25, 0.3) is 5.91 Å². The Labute approximate surface area is 166 Å². The molecule has 0 atom stereocenters. The quantitative estimate of drug-likeness (QED) is 0.471. The molecule has 2 heterocycles. The molecule has 0 radical (unpaired) electrons. The van der Waals surface area contributed by atoms with Crippen molar-refractivity contribution in [3.8, 4) is 0 Å². The second-order valence-corrected chi connectivity index (χ2v) is 6.92. The maximum atomic E-state index is 11.9. The summed E-state index contributed by atoms with van der Waals surface area (Å²) in [4.78, 5) is 20.2. The molecule has 0 bridgehead atoms. The lowest BCUT2D eigenvalue weighted by atomic mass is 10.1. The minimum Gasteiger partial charge on any atom is -0.384 e. The van der Waals surface area contributed by atoms with Crippen LogP contribution in [0.1, 0.15) is 48.9 Å². The van der Waals surface area contributed by atoms with Crippen LogP contribution in [0.3, 0.4) is 0 Å². The number of hydrogen-bond acceptors (Lipinski definition) is 4. The number of fused-ring (bicyclic) bond motifs is 1. The molecule has 1 amide bonds. The van der Waals surface area contributed by atoms with Gasteiger partial charge in [0.2, 0.25) is 0 Å². The van der Waals surface area contributed by atoms with Crippen LogP contribution in [0.4, 0.5) is 5.69 Å². The monoisotopic (exact) mass is 376 g/mol. The van der Waals surface area contributed by atoms with Gasteiger partial charge in [-0.05, 0) is 37.1 Å². The summed E-state index contributed by atoms with van der Waals surface area (Å²) in [5.74, 6) is -0.0391. The second kappa shape index (κ2) is 11.0. The predicted molar refractivity (Wildman–Crippen MR) is 115 cm³/mol. The summed E-state index contributed by atoms with van der Waals surface area (Å²) >= 11 is 0. The lowest BCUT2D eigenvalue weighted by Crippen LogP contribution is -2.24. The Morgan fingerprint density at radius 2 is 1.61 bits per heavy atom. The molecule has 0 saturated carbocycles. The summed E-state index contributed by atoms with van der Waals surface area (Å²) < 4.78 is 0. The van der Waals surface area contributed by atoms with Crippen molar-refractivity contribution in [2.24, 2.45) is 0 Å². The number of amides is 1. The molecule has 0 fully saturated rings. The number of hydrogen-bond donors (Lipinski definition) is 2. The van der Waals surface area contributed by atoms with Gasteiger partial charge in [-0.25, -0.2) is 0 Å². The molecule has 5 nitrogen and oxygen atoms in total. The number of nitrogens with one attached hydrogen (secondary N) is 2. The van der Waals surface area contributed by atoms with Crippen LogP contribution in [0.5, 0.6) is 0 Å². The zero-order valence-corrected chi connectivity index (χ0v) is 16.2. The molecule has 28 heavy (non-hydrogen) atoms. The molecule has 3 aromatic rings. The van der Waals surface area contributed by atoms with Crippen LogP contribution < -0.4 is 10.6 Å². The van der Waals surface area contributed by atoms with E-state index in [-0.39, 0.29) is 5.91 Å². The highest BCUT2D eigenvalue weighted by molar-refractivity contribution is 5.93. The standard InChI is InChI=1S/C23H28N4O/c28-23(19-10-9-14-24-18-19)27-16-8-4-2-1-3-7-15-25-22-13-17-26-21-12-6-5-11-20(21)22/h5-6,9-14,17-18H,1-4,7-8,15-16H2,(H,25,26)(H,27,28). The van der Waals surface area contributed by atoms with E-state index in [1.807, 2.05) is 30.5 Å². The van der Waals surface area contributed by atoms with Crippen molar-refractivity contribution < 1.29 is 4.79 Å². The van der Waals surface area contributed by atoms with Gasteiger partial charge in [-0.1, -0.05) is 43.9 Å². The molecule has 5 heteroatoms. The van der Waals surface area contributed by atoms with Crippen molar-refractivity contribution in [2.45, 2.75) is 38.5 Å². The number of benzene rings is 1. The molecule has 0 aliphatic carbocycles. The van der Waals surface area contributed by atoms with E-state index in [1.165, 1.54) is 24.6 Å². The van der Waals surface area contributed by atoms with E-state index in [0.29, 0.717) is 5.56 Å². The molecule has 2 aromatic heterocycles. The third-order valence-electron chi connectivity index (χ3n) is 4.78. The number of pyridine rings is 2. The van der Waals surface area contributed by atoms with Crippen molar-refractivity contribution in [1.82, 2.24) is 15.3 Å². The van der Waals surface area contributed by atoms with Gasteiger partial charge in [-0.2, -0.15) is 0 Å². The Hall–Kier alpha value is -2.95. The highest BCUT2D eigenvalue weighted by Crippen LogP contribution is 2.20. The Morgan fingerprint density at radius 1 is 0.821 bits per heavy atom. The van der Waals surface area contributed by atoms with E-state index in [9.17, 15) is 4.79 Å². The first-order valence-electron chi connectivity index (χ1n) is 10.1. The van der Waals surface area contributed by atoms with Gasteiger partial charge in [0.15, 0.2) is 0 Å². The maximum Gasteiger partial charge on any atom is 0.252 e. The van der Waals surface area contributed by atoms with E-state index >= 15 is 0 Å². The van der Waals surface area contributed by atoms with Crippen LogP contribution in [0.25, 0.3) is 10.9 Å². The third kappa shape index (κ3) is 6.05. The Morgan fingerprint density at radius 3 is 2.43 bits per heavy atom. The third-order valence-corrected chi connectivity index (χ3v) is 4.78. The number of carbonyl (C=O) groups is 1. The Balaban J connectivity index is 1.22. The van der Waals surface area contributed by atoms with Crippen LogP contribution in [0, 0.1) is 0 Å². The largest absolute Gasteiger partial charge is 0.384 e. The maximum absolute atomic E-state index is 11.9. The first kappa shape index (κ1) is 19.8. The second-order valence-electron chi connectivity index (χ2n) is 6.92. The van der Waals surface area contributed by atoms with E-state index in [2.05, 4.69) is 26.7 Å². The fourth-order valence-electron chi connectivity index (χ4n) is 3.23. The summed E-state index contributed by atoms with van der Waals surface area (Å²) in [6.07, 6.45) is 12.1. The summed E-state index contributed by atoms with van der Waals surface area (Å²) in [6.45, 7) is 1.71. The molecule has 0 aliphatic heterocycles.